The van der Waals surface area contributed by atoms with Gasteiger partial charge in [0.15, 0.2) is 0 Å². The summed E-state index contributed by atoms with van der Waals surface area (Å²) in [5.41, 5.74) is 0. The number of aliphatic hydroxyl groups excluding tert-OH is 1. The Kier molecular flexibility index (Phi) is 5.20. The molecule has 2 atom stereocenters. The van der Waals surface area contributed by atoms with Crippen molar-refractivity contribution >= 4 is 0 Å². The largest absolute Gasteiger partial charge is 0.393 e. The van der Waals surface area contributed by atoms with Crippen LogP contribution in [0.2, 0.25) is 0 Å². The van der Waals surface area contributed by atoms with Gasteiger partial charge in [-0.25, -0.2) is 0 Å². The van der Waals surface area contributed by atoms with Gasteiger partial charge in [0.25, 0.3) is 0 Å². The molecule has 0 spiro atoms. The molecule has 1 N–H and O–H groups in total. The normalized spacial score (nSPS) is 25.1. The zero-order valence-corrected chi connectivity index (χ0v) is 9.28. The number of unbranched alkanes of at least 4 members (excludes halogenated alkanes) is 1. The lowest BCUT2D eigenvalue weighted by atomic mass is 10.1. The molecule has 82 valence electrons. The fraction of sp³-hybridized carbons (Fsp3) is 0.833. The van der Waals surface area contributed by atoms with Crippen LogP contribution >= 0.6 is 0 Å². The summed E-state index contributed by atoms with van der Waals surface area (Å²) in [4.78, 5) is 2.52. The average Bonchev–Trinajstić information content (AvgIpc) is 2.52. The topological polar surface area (TPSA) is 23.5 Å². The quantitative estimate of drug-likeness (QED) is 0.521. The highest BCUT2D eigenvalue weighted by atomic mass is 16.3. The van der Waals surface area contributed by atoms with Crippen LogP contribution in [0, 0.1) is 0 Å². The Morgan fingerprint density at radius 3 is 3.07 bits per heavy atom. The Morgan fingerprint density at radius 2 is 2.43 bits per heavy atom. The van der Waals surface area contributed by atoms with Crippen molar-refractivity contribution in [1.82, 2.24) is 4.90 Å². The molecule has 0 aliphatic carbocycles. The third-order valence-electron chi connectivity index (χ3n) is 2.97. The fourth-order valence-electron chi connectivity index (χ4n) is 2.29. The van der Waals surface area contributed by atoms with Crippen molar-refractivity contribution in [2.24, 2.45) is 0 Å². The maximum Gasteiger partial charge on any atom is 0.0527 e. The molecule has 1 rings (SSSR count). The summed E-state index contributed by atoms with van der Waals surface area (Å²) in [6, 6.07) is 0.625. The Balaban J connectivity index is 2.24. The highest BCUT2D eigenvalue weighted by Crippen LogP contribution is 2.21. The predicted molar refractivity (Wildman–Crippen MR) is 60.3 cm³/mol. The molecule has 2 heteroatoms. The number of rotatable bonds is 6. The van der Waals surface area contributed by atoms with E-state index in [1.54, 1.807) is 0 Å². The number of hydrogen-bond acceptors (Lipinski definition) is 2. The fourth-order valence-corrected chi connectivity index (χ4v) is 2.29. The molecule has 1 aliphatic heterocycles. The van der Waals surface area contributed by atoms with Crippen LogP contribution < -0.4 is 0 Å². The lowest BCUT2D eigenvalue weighted by molar-refractivity contribution is 0.133. The molecule has 2 nitrogen and oxygen atoms in total. The predicted octanol–water partition coefficient (Wildman–Crippen LogP) is 2.19. The highest BCUT2D eigenvalue weighted by molar-refractivity contribution is 4.81. The minimum absolute atomic E-state index is 0.153. The van der Waals surface area contributed by atoms with Crippen LogP contribution in [-0.4, -0.2) is 35.2 Å². The van der Waals surface area contributed by atoms with Crippen LogP contribution in [-0.2, 0) is 0 Å². The molecular formula is C12H23NO. The maximum absolute atomic E-state index is 9.36. The van der Waals surface area contributed by atoms with Gasteiger partial charge in [-0.05, 0) is 52.1 Å². The van der Waals surface area contributed by atoms with E-state index in [9.17, 15) is 5.11 Å². The number of nitrogens with zero attached hydrogens (tertiary/aromatic N) is 1. The standard InChI is InChI=1S/C12H23NO/c1-3-4-5-8-13-9-6-7-12(13)10-11(2)14/h3,11-12,14H,1,4-10H2,2H3. The summed E-state index contributed by atoms with van der Waals surface area (Å²) in [5, 5.41) is 9.36. The zero-order chi connectivity index (χ0) is 10.4. The number of hydrogen-bond donors (Lipinski definition) is 1. The molecule has 0 aromatic rings. The second-order valence-electron chi connectivity index (χ2n) is 4.35. The first-order valence-electron chi connectivity index (χ1n) is 5.77. The van der Waals surface area contributed by atoms with Crippen LogP contribution in [0.1, 0.15) is 39.0 Å². The summed E-state index contributed by atoms with van der Waals surface area (Å²) in [5.74, 6) is 0. The van der Waals surface area contributed by atoms with Crippen molar-refractivity contribution in [3.8, 4) is 0 Å². The van der Waals surface area contributed by atoms with Gasteiger partial charge in [0.1, 0.15) is 0 Å². The molecule has 2 unspecified atom stereocenters. The minimum Gasteiger partial charge on any atom is -0.393 e. The first kappa shape index (κ1) is 11.7. The molecule has 1 fully saturated rings. The van der Waals surface area contributed by atoms with Gasteiger partial charge in [0.05, 0.1) is 6.10 Å². The lowest BCUT2D eigenvalue weighted by Crippen LogP contribution is -2.32. The first-order chi connectivity index (χ1) is 6.74. The maximum atomic E-state index is 9.36. The van der Waals surface area contributed by atoms with Crippen molar-refractivity contribution < 1.29 is 5.11 Å². The molecule has 0 radical (unpaired) electrons. The van der Waals surface area contributed by atoms with Crippen molar-refractivity contribution in [1.29, 1.82) is 0 Å². The zero-order valence-electron chi connectivity index (χ0n) is 9.28. The molecule has 0 aromatic heterocycles. The number of allylic oxidation sites excluding steroid dienone is 1. The lowest BCUT2D eigenvalue weighted by Gasteiger charge is -2.25. The molecule has 0 amide bonds. The Morgan fingerprint density at radius 1 is 1.64 bits per heavy atom. The number of aliphatic hydroxyl groups is 1. The van der Waals surface area contributed by atoms with Crippen molar-refractivity contribution in [2.75, 3.05) is 13.1 Å². The molecular weight excluding hydrogens is 174 g/mol. The van der Waals surface area contributed by atoms with Crippen LogP contribution in [0.3, 0.4) is 0 Å². The summed E-state index contributed by atoms with van der Waals surface area (Å²) in [6.07, 6.45) is 7.65. The van der Waals surface area contributed by atoms with Crippen molar-refractivity contribution in [3.63, 3.8) is 0 Å². The van der Waals surface area contributed by atoms with E-state index in [0.717, 1.165) is 12.8 Å². The summed E-state index contributed by atoms with van der Waals surface area (Å²) < 4.78 is 0. The van der Waals surface area contributed by atoms with Gasteiger partial charge >= 0.3 is 0 Å². The second-order valence-corrected chi connectivity index (χ2v) is 4.35. The van der Waals surface area contributed by atoms with Gasteiger partial charge in [-0.15, -0.1) is 6.58 Å². The SMILES string of the molecule is C=CCCCN1CCCC1CC(C)O. The average molecular weight is 197 g/mol. The van der Waals surface area contributed by atoms with Gasteiger partial charge in [-0.3, -0.25) is 0 Å². The van der Waals surface area contributed by atoms with Gasteiger partial charge in [0, 0.05) is 6.04 Å². The van der Waals surface area contributed by atoms with Crippen LogP contribution in [0.25, 0.3) is 0 Å². The van der Waals surface area contributed by atoms with Gasteiger partial charge in [-0.1, -0.05) is 6.08 Å². The summed E-state index contributed by atoms with van der Waals surface area (Å²) in [7, 11) is 0. The second kappa shape index (κ2) is 6.20. The van der Waals surface area contributed by atoms with E-state index in [1.807, 2.05) is 13.0 Å². The molecule has 0 aromatic carbocycles. The van der Waals surface area contributed by atoms with Crippen molar-refractivity contribution in [3.05, 3.63) is 12.7 Å². The molecule has 1 aliphatic rings. The van der Waals surface area contributed by atoms with Gasteiger partial charge in [-0.2, -0.15) is 0 Å². The third kappa shape index (κ3) is 3.81. The van der Waals surface area contributed by atoms with E-state index in [2.05, 4.69) is 11.5 Å². The third-order valence-corrected chi connectivity index (χ3v) is 2.97. The molecule has 0 saturated carbocycles. The van der Waals surface area contributed by atoms with E-state index in [1.165, 1.54) is 32.4 Å². The molecule has 1 heterocycles. The summed E-state index contributed by atoms with van der Waals surface area (Å²) in [6.45, 7) is 8.01. The number of likely N-dealkylation sites (tertiary alicyclic amines) is 1. The van der Waals surface area contributed by atoms with E-state index in [-0.39, 0.29) is 6.10 Å². The molecule has 14 heavy (non-hydrogen) atoms. The van der Waals surface area contributed by atoms with E-state index >= 15 is 0 Å². The van der Waals surface area contributed by atoms with Crippen LogP contribution in [0.15, 0.2) is 12.7 Å². The van der Waals surface area contributed by atoms with Crippen molar-refractivity contribution in [2.45, 2.75) is 51.2 Å². The van der Waals surface area contributed by atoms with Gasteiger partial charge < -0.3 is 10.0 Å². The Bertz CT molecular complexity index is 168. The van der Waals surface area contributed by atoms with E-state index in [4.69, 9.17) is 0 Å². The van der Waals surface area contributed by atoms with E-state index < -0.39 is 0 Å². The first-order valence-corrected chi connectivity index (χ1v) is 5.77. The highest BCUT2D eigenvalue weighted by Gasteiger charge is 2.24. The molecule has 0 bridgehead atoms. The van der Waals surface area contributed by atoms with E-state index in [0.29, 0.717) is 6.04 Å². The Hall–Kier alpha value is -0.340. The van der Waals surface area contributed by atoms with Crippen LogP contribution in [0.4, 0.5) is 0 Å². The van der Waals surface area contributed by atoms with Gasteiger partial charge in [0.2, 0.25) is 0 Å². The summed E-state index contributed by atoms with van der Waals surface area (Å²) >= 11 is 0. The Labute approximate surface area is 87.6 Å². The minimum atomic E-state index is -0.153. The monoisotopic (exact) mass is 197 g/mol. The molecule has 1 saturated heterocycles. The smallest absolute Gasteiger partial charge is 0.0527 e. The van der Waals surface area contributed by atoms with Crippen LogP contribution in [0.5, 0.6) is 0 Å².